The molecule has 1 atom stereocenters. The molecule has 1 aromatic rings. The van der Waals surface area contributed by atoms with Gasteiger partial charge in [-0.3, -0.25) is 10.1 Å². The molecule has 0 aromatic heterocycles. The van der Waals surface area contributed by atoms with Gasteiger partial charge in [0.25, 0.3) is 0 Å². The van der Waals surface area contributed by atoms with Crippen LogP contribution in [0.2, 0.25) is 0 Å². The molecule has 0 heterocycles. The molecule has 0 saturated heterocycles. The summed E-state index contributed by atoms with van der Waals surface area (Å²) in [7, 11) is 0. The predicted molar refractivity (Wildman–Crippen MR) is 63.6 cm³/mol. The van der Waals surface area contributed by atoms with Crippen molar-refractivity contribution in [2.45, 2.75) is 25.3 Å². The third-order valence-electron chi connectivity index (χ3n) is 3.43. The van der Waals surface area contributed by atoms with Gasteiger partial charge in [0.15, 0.2) is 11.6 Å². The molecule has 1 amide bonds. The summed E-state index contributed by atoms with van der Waals surface area (Å²) in [5.41, 5.74) is 4.55. The van der Waals surface area contributed by atoms with Crippen LogP contribution in [-0.4, -0.2) is 12.5 Å². The van der Waals surface area contributed by atoms with Gasteiger partial charge in [-0.1, -0.05) is 6.07 Å². The van der Waals surface area contributed by atoms with Crippen molar-refractivity contribution >= 4 is 5.91 Å². The zero-order valence-electron chi connectivity index (χ0n) is 10.2. The van der Waals surface area contributed by atoms with Crippen molar-refractivity contribution in [3.05, 3.63) is 35.4 Å². The van der Waals surface area contributed by atoms with Crippen LogP contribution in [0.1, 0.15) is 25.3 Å². The van der Waals surface area contributed by atoms with E-state index >= 15 is 0 Å². The van der Waals surface area contributed by atoms with Gasteiger partial charge in [0.1, 0.15) is 5.54 Å². The minimum atomic E-state index is -1.17. The Labute approximate surface area is 104 Å². The van der Waals surface area contributed by atoms with Crippen LogP contribution < -0.4 is 11.1 Å². The molecule has 1 aromatic carbocycles. The molecule has 3 N–H and O–H groups in total. The average molecular weight is 254 g/mol. The quantitative estimate of drug-likeness (QED) is 0.839. The first-order valence-corrected chi connectivity index (χ1v) is 5.94. The number of halogens is 2. The number of rotatable bonds is 5. The highest BCUT2D eigenvalue weighted by atomic mass is 19.2. The molecular weight excluding hydrogens is 238 g/mol. The van der Waals surface area contributed by atoms with Gasteiger partial charge in [-0.25, -0.2) is 8.78 Å². The average Bonchev–Trinajstić information content (AvgIpc) is 3.13. The van der Waals surface area contributed by atoms with Crippen molar-refractivity contribution in [2.24, 2.45) is 11.7 Å². The van der Waals surface area contributed by atoms with E-state index in [1.54, 1.807) is 6.92 Å². The lowest BCUT2D eigenvalue weighted by atomic mass is 9.91. The smallest absolute Gasteiger partial charge is 0.242 e. The third-order valence-corrected chi connectivity index (χ3v) is 3.43. The van der Waals surface area contributed by atoms with Gasteiger partial charge in [-0.05, 0) is 49.9 Å². The van der Waals surface area contributed by atoms with Gasteiger partial charge in [0.2, 0.25) is 5.91 Å². The first-order valence-electron chi connectivity index (χ1n) is 5.94. The van der Waals surface area contributed by atoms with E-state index in [0.29, 0.717) is 18.0 Å². The molecule has 3 nitrogen and oxygen atoms in total. The summed E-state index contributed by atoms with van der Waals surface area (Å²) >= 11 is 0. The number of carbonyl (C=O) groups is 1. The first-order chi connectivity index (χ1) is 8.43. The van der Waals surface area contributed by atoms with Crippen molar-refractivity contribution in [3.8, 4) is 0 Å². The maximum Gasteiger partial charge on any atom is 0.242 e. The summed E-state index contributed by atoms with van der Waals surface area (Å²) in [5, 5.41) is 3.06. The van der Waals surface area contributed by atoms with E-state index in [1.165, 1.54) is 6.07 Å². The Balaban J connectivity index is 2.26. The van der Waals surface area contributed by atoms with Crippen molar-refractivity contribution in [2.75, 3.05) is 6.54 Å². The molecular formula is C13H16F2N2O. The Bertz CT molecular complexity index is 474. The summed E-state index contributed by atoms with van der Waals surface area (Å²) in [6, 6.07) is 3.40. The van der Waals surface area contributed by atoms with Gasteiger partial charge in [-0.2, -0.15) is 0 Å². The van der Waals surface area contributed by atoms with E-state index in [1.807, 2.05) is 0 Å². The number of nitrogens with two attached hydrogens (primary N) is 1. The second kappa shape index (κ2) is 4.65. The summed E-state index contributed by atoms with van der Waals surface area (Å²) in [6.07, 6.45) is 2.25. The number of carbonyl (C=O) groups excluding carboxylic acids is 1. The lowest BCUT2D eigenvalue weighted by Crippen LogP contribution is -2.51. The van der Waals surface area contributed by atoms with Gasteiger partial charge in [-0.15, -0.1) is 0 Å². The Morgan fingerprint density at radius 2 is 2.11 bits per heavy atom. The Morgan fingerprint density at radius 1 is 1.44 bits per heavy atom. The van der Waals surface area contributed by atoms with E-state index in [0.717, 1.165) is 25.0 Å². The van der Waals surface area contributed by atoms with Crippen LogP contribution >= 0.6 is 0 Å². The number of amides is 1. The minimum Gasteiger partial charge on any atom is -0.368 e. The molecule has 18 heavy (non-hydrogen) atoms. The highest BCUT2D eigenvalue weighted by Crippen LogP contribution is 2.30. The van der Waals surface area contributed by atoms with E-state index in [9.17, 15) is 13.6 Å². The molecule has 0 bridgehead atoms. The summed E-state index contributed by atoms with van der Waals surface area (Å²) in [6.45, 7) is 2.24. The highest BCUT2D eigenvalue weighted by molar-refractivity contribution is 5.85. The Hall–Kier alpha value is -1.49. The van der Waals surface area contributed by atoms with Gasteiger partial charge < -0.3 is 5.73 Å². The maximum atomic E-state index is 13.2. The zero-order valence-corrected chi connectivity index (χ0v) is 10.2. The molecule has 1 fully saturated rings. The first kappa shape index (κ1) is 13.0. The molecule has 1 aliphatic carbocycles. The van der Waals surface area contributed by atoms with Crippen LogP contribution in [0, 0.1) is 17.6 Å². The molecule has 0 spiro atoms. The van der Waals surface area contributed by atoms with Crippen LogP contribution in [0.5, 0.6) is 0 Å². The molecule has 1 aliphatic rings. The number of nitrogens with one attached hydrogen (secondary N) is 1. The largest absolute Gasteiger partial charge is 0.368 e. The molecule has 0 aliphatic heterocycles. The zero-order chi connectivity index (χ0) is 13.3. The van der Waals surface area contributed by atoms with Crippen LogP contribution in [0.4, 0.5) is 8.78 Å². The topological polar surface area (TPSA) is 55.1 Å². The van der Waals surface area contributed by atoms with E-state index in [2.05, 4.69) is 5.32 Å². The van der Waals surface area contributed by atoms with Crippen LogP contribution in [-0.2, 0) is 10.3 Å². The van der Waals surface area contributed by atoms with Crippen molar-refractivity contribution in [1.29, 1.82) is 0 Å². The van der Waals surface area contributed by atoms with Gasteiger partial charge >= 0.3 is 0 Å². The second-order valence-electron chi connectivity index (χ2n) is 4.94. The third kappa shape index (κ3) is 2.51. The fourth-order valence-corrected chi connectivity index (χ4v) is 1.81. The van der Waals surface area contributed by atoms with Crippen LogP contribution in [0.15, 0.2) is 18.2 Å². The summed E-state index contributed by atoms with van der Waals surface area (Å²) in [5.74, 6) is -1.97. The number of primary amides is 1. The standard InChI is InChI=1S/C13H16F2N2O/c1-13(12(16)18,17-7-8-2-3-8)9-4-5-10(14)11(15)6-9/h4-6,8,17H,2-3,7H2,1H3,(H2,16,18). The van der Waals surface area contributed by atoms with Crippen LogP contribution in [0.3, 0.4) is 0 Å². The fraction of sp³-hybridized carbons (Fsp3) is 0.462. The summed E-state index contributed by atoms with van der Waals surface area (Å²) in [4.78, 5) is 11.6. The normalized spacial score (nSPS) is 18.4. The number of hydrogen-bond donors (Lipinski definition) is 2. The lowest BCUT2D eigenvalue weighted by Gasteiger charge is -2.28. The van der Waals surface area contributed by atoms with Crippen LogP contribution in [0.25, 0.3) is 0 Å². The van der Waals surface area contributed by atoms with Gasteiger partial charge in [0, 0.05) is 0 Å². The highest BCUT2D eigenvalue weighted by Gasteiger charge is 2.35. The SMILES string of the molecule is CC(NCC1CC1)(C(N)=O)c1ccc(F)c(F)c1. The molecule has 5 heteroatoms. The minimum absolute atomic E-state index is 0.342. The van der Waals surface area contributed by atoms with Crippen molar-refractivity contribution < 1.29 is 13.6 Å². The van der Waals surface area contributed by atoms with Crippen molar-refractivity contribution in [3.63, 3.8) is 0 Å². The van der Waals surface area contributed by atoms with Crippen molar-refractivity contribution in [1.82, 2.24) is 5.32 Å². The Kier molecular flexibility index (Phi) is 3.34. The van der Waals surface area contributed by atoms with E-state index < -0.39 is 23.1 Å². The predicted octanol–water partition coefficient (Wildman–Crippen LogP) is 1.66. The molecule has 1 saturated carbocycles. The maximum absolute atomic E-state index is 13.2. The van der Waals surface area contributed by atoms with Gasteiger partial charge in [0.05, 0.1) is 0 Å². The fourth-order valence-electron chi connectivity index (χ4n) is 1.81. The number of hydrogen-bond acceptors (Lipinski definition) is 2. The monoisotopic (exact) mass is 254 g/mol. The second-order valence-corrected chi connectivity index (χ2v) is 4.94. The Morgan fingerprint density at radius 3 is 2.61 bits per heavy atom. The molecule has 0 radical (unpaired) electrons. The molecule has 1 unspecified atom stereocenters. The molecule has 2 rings (SSSR count). The lowest BCUT2D eigenvalue weighted by molar-refractivity contribution is -0.124. The number of benzene rings is 1. The van der Waals surface area contributed by atoms with E-state index in [-0.39, 0.29) is 0 Å². The molecule has 98 valence electrons. The summed E-state index contributed by atoms with van der Waals surface area (Å²) < 4.78 is 26.1. The van der Waals surface area contributed by atoms with E-state index in [4.69, 9.17) is 5.73 Å².